The van der Waals surface area contributed by atoms with Crippen molar-refractivity contribution in [2.45, 2.75) is 25.8 Å². The molecule has 2 heterocycles. The Bertz CT molecular complexity index is 705. The third kappa shape index (κ3) is 3.50. The predicted octanol–water partition coefficient (Wildman–Crippen LogP) is 4.16. The van der Waals surface area contributed by atoms with Crippen LogP contribution in [0.15, 0.2) is 40.8 Å². The van der Waals surface area contributed by atoms with Gasteiger partial charge in [-0.3, -0.25) is 4.79 Å². The molecule has 1 aromatic heterocycles. The number of hydrogen-bond donors (Lipinski definition) is 0. The molecule has 0 N–H and O–H groups in total. The molecule has 0 radical (unpaired) electrons. The zero-order valence-corrected chi connectivity index (χ0v) is 14.9. The number of piperidine rings is 1. The summed E-state index contributed by atoms with van der Waals surface area (Å²) in [5.74, 6) is 0.923. The van der Waals surface area contributed by atoms with E-state index in [2.05, 4.69) is 11.8 Å². The number of likely N-dealkylation sites (tertiary alicyclic amines) is 1. The predicted molar refractivity (Wildman–Crippen MR) is 96.4 cm³/mol. The summed E-state index contributed by atoms with van der Waals surface area (Å²) in [6.45, 7) is 5.33. The summed E-state index contributed by atoms with van der Waals surface area (Å²) in [7, 11) is 1.87. The summed E-state index contributed by atoms with van der Waals surface area (Å²) >= 11 is 6.20. The van der Waals surface area contributed by atoms with Crippen LogP contribution in [-0.4, -0.2) is 48.4 Å². The van der Waals surface area contributed by atoms with Crippen LogP contribution >= 0.6 is 11.6 Å². The van der Waals surface area contributed by atoms with Gasteiger partial charge in [-0.2, -0.15) is 0 Å². The Labute approximate surface area is 148 Å². The molecule has 4 nitrogen and oxygen atoms in total. The van der Waals surface area contributed by atoms with Crippen LogP contribution in [0.5, 0.6) is 0 Å². The number of rotatable bonds is 4. The SMILES string of the molecule is CCN1CCC(N(C)C(=O)c2ccc(-c3ccccc3Cl)o2)CC1. The number of carbonyl (C=O) groups excluding carboxylic acids is 1. The van der Waals surface area contributed by atoms with Gasteiger partial charge in [0.25, 0.3) is 5.91 Å². The molecule has 0 bridgehead atoms. The molecule has 1 aromatic carbocycles. The van der Waals surface area contributed by atoms with Gasteiger partial charge in [0.2, 0.25) is 0 Å². The maximum atomic E-state index is 12.7. The molecule has 1 amide bonds. The number of halogens is 1. The summed E-state index contributed by atoms with van der Waals surface area (Å²) in [6.07, 6.45) is 2.02. The van der Waals surface area contributed by atoms with Crippen molar-refractivity contribution in [2.24, 2.45) is 0 Å². The number of amides is 1. The van der Waals surface area contributed by atoms with Crippen molar-refractivity contribution < 1.29 is 9.21 Å². The van der Waals surface area contributed by atoms with E-state index in [1.807, 2.05) is 42.3 Å². The quantitative estimate of drug-likeness (QED) is 0.834. The summed E-state index contributed by atoms with van der Waals surface area (Å²) in [5, 5.41) is 0.617. The molecule has 0 atom stereocenters. The van der Waals surface area contributed by atoms with E-state index < -0.39 is 0 Å². The Morgan fingerprint density at radius 1 is 1.25 bits per heavy atom. The van der Waals surface area contributed by atoms with Gasteiger partial charge in [0, 0.05) is 31.7 Å². The first-order valence-electron chi connectivity index (χ1n) is 8.44. The molecule has 0 saturated carbocycles. The van der Waals surface area contributed by atoms with Crippen LogP contribution in [0.2, 0.25) is 5.02 Å². The van der Waals surface area contributed by atoms with Gasteiger partial charge in [0.05, 0.1) is 5.02 Å². The van der Waals surface area contributed by atoms with Crippen molar-refractivity contribution in [3.8, 4) is 11.3 Å². The van der Waals surface area contributed by atoms with Gasteiger partial charge < -0.3 is 14.2 Å². The highest BCUT2D eigenvalue weighted by molar-refractivity contribution is 6.33. The first-order valence-corrected chi connectivity index (χ1v) is 8.82. The highest BCUT2D eigenvalue weighted by atomic mass is 35.5. The van der Waals surface area contributed by atoms with Crippen molar-refractivity contribution >= 4 is 17.5 Å². The lowest BCUT2D eigenvalue weighted by molar-refractivity contribution is 0.0617. The minimum atomic E-state index is -0.0664. The van der Waals surface area contributed by atoms with Crippen molar-refractivity contribution in [2.75, 3.05) is 26.7 Å². The van der Waals surface area contributed by atoms with Crippen molar-refractivity contribution in [3.63, 3.8) is 0 Å². The van der Waals surface area contributed by atoms with Gasteiger partial charge >= 0.3 is 0 Å². The molecular formula is C19H23ClN2O2. The normalized spacial score (nSPS) is 16.3. The largest absolute Gasteiger partial charge is 0.451 e. The highest BCUT2D eigenvalue weighted by Crippen LogP contribution is 2.29. The second-order valence-corrected chi connectivity index (χ2v) is 6.63. The number of benzene rings is 1. The lowest BCUT2D eigenvalue weighted by Gasteiger charge is -2.35. The fourth-order valence-corrected chi connectivity index (χ4v) is 3.45. The smallest absolute Gasteiger partial charge is 0.289 e. The minimum absolute atomic E-state index is 0.0664. The maximum Gasteiger partial charge on any atom is 0.289 e. The van der Waals surface area contributed by atoms with Crippen LogP contribution < -0.4 is 0 Å². The first kappa shape index (κ1) is 17.1. The van der Waals surface area contributed by atoms with Crippen LogP contribution in [0.4, 0.5) is 0 Å². The second-order valence-electron chi connectivity index (χ2n) is 6.23. The molecule has 128 valence electrons. The van der Waals surface area contributed by atoms with E-state index >= 15 is 0 Å². The summed E-state index contributed by atoms with van der Waals surface area (Å²) in [4.78, 5) is 16.9. The molecule has 5 heteroatoms. The fourth-order valence-electron chi connectivity index (χ4n) is 3.22. The number of furan rings is 1. The van der Waals surface area contributed by atoms with Gasteiger partial charge in [-0.05, 0) is 43.7 Å². The molecule has 0 spiro atoms. The molecule has 2 aromatic rings. The number of nitrogens with zero attached hydrogens (tertiary/aromatic N) is 2. The topological polar surface area (TPSA) is 36.7 Å². The van der Waals surface area contributed by atoms with E-state index in [1.54, 1.807) is 6.07 Å². The minimum Gasteiger partial charge on any atom is -0.451 e. The van der Waals surface area contributed by atoms with E-state index in [0.29, 0.717) is 16.5 Å². The van der Waals surface area contributed by atoms with Crippen LogP contribution in [0, 0.1) is 0 Å². The van der Waals surface area contributed by atoms with Crippen LogP contribution in [0.25, 0.3) is 11.3 Å². The number of hydrogen-bond acceptors (Lipinski definition) is 3. The van der Waals surface area contributed by atoms with Gasteiger partial charge in [-0.1, -0.05) is 30.7 Å². The molecular weight excluding hydrogens is 324 g/mol. The lowest BCUT2D eigenvalue weighted by atomic mass is 10.0. The average molecular weight is 347 g/mol. The van der Waals surface area contributed by atoms with Gasteiger partial charge in [0.15, 0.2) is 5.76 Å². The summed E-state index contributed by atoms with van der Waals surface area (Å²) in [6, 6.07) is 11.3. The Hall–Kier alpha value is -1.78. The Kier molecular flexibility index (Phi) is 5.27. The first-order chi connectivity index (χ1) is 11.6. The Balaban J connectivity index is 1.71. The van der Waals surface area contributed by atoms with Gasteiger partial charge in [0.1, 0.15) is 5.76 Å². The van der Waals surface area contributed by atoms with E-state index in [-0.39, 0.29) is 11.9 Å². The number of carbonyl (C=O) groups is 1. The molecule has 0 unspecified atom stereocenters. The summed E-state index contributed by atoms with van der Waals surface area (Å²) in [5.41, 5.74) is 0.803. The van der Waals surface area contributed by atoms with Crippen LogP contribution in [0.1, 0.15) is 30.3 Å². The molecule has 24 heavy (non-hydrogen) atoms. The van der Waals surface area contributed by atoms with Crippen LogP contribution in [0.3, 0.4) is 0 Å². The zero-order chi connectivity index (χ0) is 17.1. The Morgan fingerprint density at radius 2 is 1.96 bits per heavy atom. The van der Waals surface area contributed by atoms with E-state index in [9.17, 15) is 4.79 Å². The standard InChI is InChI=1S/C19H23ClN2O2/c1-3-22-12-10-14(11-13-22)21(2)19(23)18-9-8-17(24-18)15-6-4-5-7-16(15)20/h4-9,14H,3,10-13H2,1-2H3. The Morgan fingerprint density at radius 3 is 2.62 bits per heavy atom. The molecule has 1 aliphatic rings. The zero-order valence-electron chi connectivity index (χ0n) is 14.2. The van der Waals surface area contributed by atoms with E-state index in [4.69, 9.17) is 16.0 Å². The highest BCUT2D eigenvalue weighted by Gasteiger charge is 2.27. The van der Waals surface area contributed by atoms with E-state index in [0.717, 1.165) is 38.0 Å². The van der Waals surface area contributed by atoms with Crippen LogP contribution in [-0.2, 0) is 0 Å². The maximum absolute atomic E-state index is 12.7. The molecule has 3 rings (SSSR count). The van der Waals surface area contributed by atoms with Crippen molar-refractivity contribution in [1.82, 2.24) is 9.80 Å². The van der Waals surface area contributed by atoms with Crippen molar-refractivity contribution in [3.05, 3.63) is 47.2 Å². The molecule has 0 aliphatic carbocycles. The molecule has 1 aliphatic heterocycles. The molecule has 1 saturated heterocycles. The van der Waals surface area contributed by atoms with Gasteiger partial charge in [-0.15, -0.1) is 0 Å². The van der Waals surface area contributed by atoms with E-state index in [1.165, 1.54) is 0 Å². The van der Waals surface area contributed by atoms with Gasteiger partial charge in [-0.25, -0.2) is 0 Å². The lowest BCUT2D eigenvalue weighted by Crippen LogP contribution is -2.45. The summed E-state index contributed by atoms with van der Waals surface area (Å²) < 4.78 is 5.78. The third-order valence-corrected chi connectivity index (χ3v) is 5.16. The fraction of sp³-hybridized carbons (Fsp3) is 0.421. The van der Waals surface area contributed by atoms with Crippen molar-refractivity contribution in [1.29, 1.82) is 0 Å². The second kappa shape index (κ2) is 7.41. The average Bonchev–Trinajstić information content (AvgIpc) is 3.11. The monoisotopic (exact) mass is 346 g/mol. The third-order valence-electron chi connectivity index (χ3n) is 4.83. The molecule has 1 fully saturated rings.